The molecule has 0 radical (unpaired) electrons. The van der Waals surface area contributed by atoms with Gasteiger partial charge in [-0.2, -0.15) is 0 Å². The maximum Gasteiger partial charge on any atom is 0.237 e. The third-order valence-electron chi connectivity index (χ3n) is 6.20. The van der Waals surface area contributed by atoms with Gasteiger partial charge in [-0.25, -0.2) is 0 Å². The number of hydrogen-bond donors (Lipinski definition) is 0. The largest absolute Gasteiger partial charge is 0.497 e. The molecule has 4 rings (SSSR count). The van der Waals surface area contributed by atoms with Crippen LogP contribution in [-0.2, 0) is 4.79 Å². The smallest absolute Gasteiger partial charge is 0.237 e. The molecule has 0 unspecified atom stereocenters. The van der Waals surface area contributed by atoms with Gasteiger partial charge in [-0.15, -0.1) is 0 Å². The van der Waals surface area contributed by atoms with Crippen LogP contribution in [0, 0.1) is 0 Å². The van der Waals surface area contributed by atoms with Gasteiger partial charge in [-0.3, -0.25) is 9.69 Å². The molecule has 1 atom stereocenters. The number of carbonyl (C=O) groups is 1. The fourth-order valence-corrected chi connectivity index (χ4v) is 4.55. The Labute approximate surface area is 178 Å². The van der Waals surface area contributed by atoms with E-state index in [0.29, 0.717) is 13.1 Å². The molecule has 2 aromatic rings. The number of benzene rings is 2. The first-order chi connectivity index (χ1) is 14.7. The van der Waals surface area contributed by atoms with E-state index in [1.165, 1.54) is 11.1 Å². The number of nitrogens with zero attached hydrogens (tertiary/aromatic N) is 2. The molecule has 1 saturated heterocycles. The lowest BCUT2D eigenvalue weighted by molar-refractivity contribution is -0.132. The number of hydrogen-bond acceptors (Lipinski definition) is 4. The average Bonchev–Trinajstić information content (AvgIpc) is 3.27. The molecule has 2 aromatic carbocycles. The van der Waals surface area contributed by atoms with E-state index in [9.17, 15) is 4.79 Å². The SMILES string of the molecule is COc1ccc(OC)c([C@@H]2CCCN2CC(=O)N2CC=C(c3ccccc3)CC2)c1. The zero-order valence-corrected chi connectivity index (χ0v) is 17.8. The van der Waals surface area contributed by atoms with Crippen LogP contribution >= 0.6 is 0 Å². The number of amides is 1. The van der Waals surface area contributed by atoms with Gasteiger partial charge in [0.05, 0.1) is 20.8 Å². The summed E-state index contributed by atoms with van der Waals surface area (Å²) < 4.78 is 11.0. The first-order valence-electron chi connectivity index (χ1n) is 10.7. The number of ether oxygens (including phenoxy) is 2. The van der Waals surface area contributed by atoms with Gasteiger partial charge in [-0.1, -0.05) is 36.4 Å². The Kier molecular flexibility index (Phi) is 6.38. The Morgan fingerprint density at radius 2 is 1.90 bits per heavy atom. The monoisotopic (exact) mass is 406 g/mol. The summed E-state index contributed by atoms with van der Waals surface area (Å²) in [6, 6.07) is 16.5. The van der Waals surface area contributed by atoms with Crippen LogP contribution in [0.15, 0.2) is 54.6 Å². The Morgan fingerprint density at radius 3 is 2.60 bits per heavy atom. The van der Waals surface area contributed by atoms with E-state index < -0.39 is 0 Å². The van der Waals surface area contributed by atoms with Crippen LogP contribution in [0.5, 0.6) is 11.5 Å². The molecule has 1 fully saturated rings. The summed E-state index contributed by atoms with van der Waals surface area (Å²) in [5.74, 6) is 1.87. The van der Waals surface area contributed by atoms with Gasteiger partial charge in [0, 0.05) is 24.7 Å². The van der Waals surface area contributed by atoms with Crippen molar-refractivity contribution in [1.29, 1.82) is 0 Å². The maximum absolute atomic E-state index is 13.1. The second kappa shape index (κ2) is 9.35. The van der Waals surface area contributed by atoms with E-state index in [1.54, 1.807) is 14.2 Å². The summed E-state index contributed by atoms with van der Waals surface area (Å²) in [6.07, 6.45) is 5.21. The molecular weight excluding hydrogens is 376 g/mol. The summed E-state index contributed by atoms with van der Waals surface area (Å²) in [5.41, 5.74) is 3.70. The second-order valence-electron chi connectivity index (χ2n) is 7.92. The number of carbonyl (C=O) groups excluding carboxylic acids is 1. The Morgan fingerprint density at radius 1 is 1.07 bits per heavy atom. The molecule has 0 aromatic heterocycles. The van der Waals surface area contributed by atoms with Crippen molar-refractivity contribution < 1.29 is 14.3 Å². The van der Waals surface area contributed by atoms with E-state index >= 15 is 0 Å². The molecule has 30 heavy (non-hydrogen) atoms. The third-order valence-corrected chi connectivity index (χ3v) is 6.20. The standard InChI is InChI=1S/C25H30N2O3/c1-29-21-10-11-24(30-2)22(17-21)23-9-6-14-27(23)18-25(28)26-15-12-20(13-16-26)19-7-4-3-5-8-19/h3-5,7-8,10-12,17,23H,6,9,13-16,18H2,1-2H3/t23-/m0/s1. The van der Waals surface area contributed by atoms with Gasteiger partial charge < -0.3 is 14.4 Å². The summed E-state index contributed by atoms with van der Waals surface area (Å²) in [5, 5.41) is 0. The summed E-state index contributed by atoms with van der Waals surface area (Å²) in [6.45, 7) is 2.83. The molecule has 0 bridgehead atoms. The molecule has 0 spiro atoms. The summed E-state index contributed by atoms with van der Waals surface area (Å²) in [4.78, 5) is 17.3. The Balaban J connectivity index is 1.43. The van der Waals surface area contributed by atoms with Crippen molar-refractivity contribution in [3.8, 4) is 11.5 Å². The number of likely N-dealkylation sites (tertiary alicyclic amines) is 1. The molecule has 0 N–H and O–H groups in total. The van der Waals surface area contributed by atoms with E-state index in [2.05, 4.69) is 35.2 Å². The first kappa shape index (κ1) is 20.5. The molecule has 0 saturated carbocycles. The zero-order valence-electron chi connectivity index (χ0n) is 17.8. The topological polar surface area (TPSA) is 42.0 Å². The van der Waals surface area contributed by atoms with E-state index in [1.807, 2.05) is 29.2 Å². The van der Waals surface area contributed by atoms with Crippen LogP contribution in [0.2, 0.25) is 0 Å². The predicted octanol–water partition coefficient (Wildman–Crippen LogP) is 4.16. The van der Waals surface area contributed by atoms with Crippen LogP contribution in [0.25, 0.3) is 5.57 Å². The van der Waals surface area contributed by atoms with E-state index in [4.69, 9.17) is 9.47 Å². The van der Waals surface area contributed by atoms with Gasteiger partial charge in [0.2, 0.25) is 5.91 Å². The highest BCUT2D eigenvalue weighted by atomic mass is 16.5. The molecule has 2 aliphatic heterocycles. The zero-order chi connectivity index (χ0) is 20.9. The van der Waals surface area contributed by atoms with Crippen molar-refractivity contribution in [3.63, 3.8) is 0 Å². The van der Waals surface area contributed by atoms with Crippen LogP contribution < -0.4 is 9.47 Å². The van der Waals surface area contributed by atoms with Crippen molar-refractivity contribution >= 4 is 11.5 Å². The normalized spacial score (nSPS) is 19.5. The average molecular weight is 407 g/mol. The minimum Gasteiger partial charge on any atom is -0.497 e. The third kappa shape index (κ3) is 4.36. The highest BCUT2D eigenvalue weighted by Crippen LogP contribution is 2.38. The Bertz CT molecular complexity index is 910. The molecular formula is C25H30N2O3. The van der Waals surface area contributed by atoms with Gasteiger partial charge in [0.1, 0.15) is 11.5 Å². The molecule has 5 heteroatoms. The van der Waals surface area contributed by atoms with Crippen molar-refractivity contribution in [3.05, 3.63) is 65.7 Å². The second-order valence-corrected chi connectivity index (χ2v) is 7.92. The molecule has 5 nitrogen and oxygen atoms in total. The summed E-state index contributed by atoms with van der Waals surface area (Å²) in [7, 11) is 3.37. The van der Waals surface area contributed by atoms with Crippen molar-refractivity contribution in [2.24, 2.45) is 0 Å². The molecule has 0 aliphatic carbocycles. The predicted molar refractivity (Wildman–Crippen MR) is 119 cm³/mol. The lowest BCUT2D eigenvalue weighted by Gasteiger charge is -2.31. The van der Waals surface area contributed by atoms with Gasteiger partial charge in [-0.05, 0) is 55.1 Å². The van der Waals surface area contributed by atoms with Crippen LogP contribution in [0.1, 0.15) is 36.4 Å². The van der Waals surface area contributed by atoms with E-state index in [0.717, 1.165) is 49.4 Å². The van der Waals surface area contributed by atoms with Crippen molar-refractivity contribution in [2.75, 3.05) is 40.4 Å². The highest BCUT2D eigenvalue weighted by Gasteiger charge is 2.31. The number of methoxy groups -OCH3 is 2. The molecule has 2 aliphatic rings. The number of rotatable bonds is 6. The quantitative estimate of drug-likeness (QED) is 0.723. The van der Waals surface area contributed by atoms with Gasteiger partial charge in [0.25, 0.3) is 0 Å². The van der Waals surface area contributed by atoms with Gasteiger partial charge >= 0.3 is 0 Å². The molecule has 158 valence electrons. The Hall–Kier alpha value is -2.79. The maximum atomic E-state index is 13.1. The fraction of sp³-hybridized carbons (Fsp3) is 0.400. The van der Waals surface area contributed by atoms with Crippen molar-refractivity contribution in [1.82, 2.24) is 9.80 Å². The van der Waals surface area contributed by atoms with E-state index in [-0.39, 0.29) is 11.9 Å². The highest BCUT2D eigenvalue weighted by molar-refractivity contribution is 5.80. The van der Waals surface area contributed by atoms with Crippen LogP contribution in [0.3, 0.4) is 0 Å². The first-order valence-corrected chi connectivity index (χ1v) is 10.7. The lowest BCUT2D eigenvalue weighted by Crippen LogP contribution is -2.42. The fourth-order valence-electron chi connectivity index (χ4n) is 4.55. The lowest BCUT2D eigenvalue weighted by atomic mass is 9.99. The van der Waals surface area contributed by atoms with Crippen LogP contribution in [-0.4, -0.2) is 56.1 Å². The van der Waals surface area contributed by atoms with Gasteiger partial charge in [0.15, 0.2) is 0 Å². The molecule has 1 amide bonds. The minimum absolute atomic E-state index is 0.180. The minimum atomic E-state index is 0.180. The molecule has 2 heterocycles. The van der Waals surface area contributed by atoms with Crippen molar-refractivity contribution in [2.45, 2.75) is 25.3 Å². The van der Waals surface area contributed by atoms with Crippen LogP contribution in [0.4, 0.5) is 0 Å². The summed E-state index contributed by atoms with van der Waals surface area (Å²) >= 11 is 0.